The third-order valence-electron chi connectivity index (χ3n) is 5.38. The molecule has 0 radical (unpaired) electrons. The van der Waals surface area contributed by atoms with Crippen LogP contribution in [0.5, 0.6) is 5.75 Å². The summed E-state index contributed by atoms with van der Waals surface area (Å²) in [6, 6.07) is 0.727. The number of aliphatic hydroxyl groups is 1. The van der Waals surface area contributed by atoms with Crippen LogP contribution in [0.15, 0.2) is 24.3 Å². The van der Waals surface area contributed by atoms with Crippen molar-refractivity contribution in [1.82, 2.24) is 15.5 Å². The summed E-state index contributed by atoms with van der Waals surface area (Å²) in [6.07, 6.45) is 0.0841. The van der Waals surface area contributed by atoms with Crippen molar-refractivity contribution in [2.75, 3.05) is 13.2 Å². The molecule has 4 atom stereocenters. The molecule has 34 heavy (non-hydrogen) atoms. The van der Waals surface area contributed by atoms with Crippen molar-refractivity contribution in [3.05, 3.63) is 29.8 Å². The van der Waals surface area contributed by atoms with Gasteiger partial charge < -0.3 is 42.3 Å². The molecule has 0 bridgehead atoms. The SMILES string of the molecule is NC(=O)CC(NC(=O)C(N)CO)C(=O)NC(Cc1ccc(O)cc1)C(=O)N1CCCC1C(=O)O. The zero-order valence-electron chi connectivity index (χ0n) is 18.3. The number of carbonyl (C=O) groups excluding carboxylic acids is 4. The van der Waals surface area contributed by atoms with Crippen LogP contribution in [-0.4, -0.2) is 87.1 Å². The van der Waals surface area contributed by atoms with Gasteiger partial charge in [0.2, 0.25) is 23.6 Å². The molecule has 0 aliphatic carbocycles. The van der Waals surface area contributed by atoms with Gasteiger partial charge in [-0.15, -0.1) is 0 Å². The van der Waals surface area contributed by atoms with Crippen LogP contribution in [-0.2, 0) is 30.4 Å². The van der Waals surface area contributed by atoms with Gasteiger partial charge in [-0.05, 0) is 30.5 Å². The monoisotopic (exact) mass is 479 g/mol. The number of phenolic OH excluding ortho intramolecular Hbond substituents is 1. The molecule has 0 spiro atoms. The fourth-order valence-corrected chi connectivity index (χ4v) is 3.60. The standard InChI is InChI=1S/C21H29N5O8/c22-13(10-27)18(30)24-14(9-17(23)29)19(31)25-15(8-11-3-5-12(28)6-4-11)20(32)26-7-1-2-16(26)21(33)34/h3-6,13-16,27-28H,1-2,7-10,22H2,(H2,23,29)(H,24,30)(H,25,31)(H,33,34). The molecule has 13 nitrogen and oxygen atoms in total. The van der Waals surface area contributed by atoms with E-state index in [1.54, 1.807) is 0 Å². The quantitative estimate of drug-likeness (QED) is 0.173. The van der Waals surface area contributed by atoms with E-state index < -0.39 is 66.8 Å². The highest BCUT2D eigenvalue weighted by atomic mass is 16.4. The number of nitrogens with zero attached hydrogens (tertiary/aromatic N) is 1. The molecule has 1 aliphatic rings. The number of carboxylic acids is 1. The van der Waals surface area contributed by atoms with Crippen molar-refractivity contribution >= 4 is 29.6 Å². The Kier molecular flexibility index (Phi) is 9.33. The lowest BCUT2D eigenvalue weighted by molar-refractivity contribution is -0.149. The van der Waals surface area contributed by atoms with E-state index in [2.05, 4.69) is 10.6 Å². The van der Waals surface area contributed by atoms with Gasteiger partial charge in [-0.3, -0.25) is 19.2 Å². The van der Waals surface area contributed by atoms with Crippen LogP contribution in [0.3, 0.4) is 0 Å². The summed E-state index contributed by atoms with van der Waals surface area (Å²) in [5.74, 6) is -4.56. The lowest BCUT2D eigenvalue weighted by Gasteiger charge is -2.29. The van der Waals surface area contributed by atoms with Crippen LogP contribution in [0.4, 0.5) is 0 Å². The highest BCUT2D eigenvalue weighted by molar-refractivity contribution is 5.96. The Morgan fingerprint density at radius 3 is 2.24 bits per heavy atom. The van der Waals surface area contributed by atoms with E-state index in [0.717, 1.165) is 4.90 Å². The summed E-state index contributed by atoms with van der Waals surface area (Å²) in [5, 5.41) is 32.7. The van der Waals surface area contributed by atoms with Gasteiger partial charge in [0.25, 0.3) is 0 Å². The number of nitrogens with two attached hydrogens (primary N) is 2. The average molecular weight is 479 g/mol. The molecule has 1 aliphatic heterocycles. The number of hydrogen-bond acceptors (Lipinski definition) is 8. The number of rotatable bonds is 11. The van der Waals surface area contributed by atoms with Crippen molar-refractivity contribution < 1.29 is 39.3 Å². The Hall–Kier alpha value is -3.71. The Balaban J connectivity index is 2.28. The first-order valence-corrected chi connectivity index (χ1v) is 10.6. The number of carbonyl (C=O) groups is 5. The van der Waals surface area contributed by atoms with Crippen LogP contribution >= 0.6 is 0 Å². The van der Waals surface area contributed by atoms with Crippen LogP contribution < -0.4 is 22.1 Å². The predicted molar refractivity (Wildman–Crippen MR) is 117 cm³/mol. The molecular formula is C21H29N5O8. The van der Waals surface area contributed by atoms with E-state index in [1.807, 2.05) is 0 Å². The van der Waals surface area contributed by atoms with Crippen molar-refractivity contribution in [3.63, 3.8) is 0 Å². The minimum Gasteiger partial charge on any atom is -0.508 e. The number of phenols is 1. The van der Waals surface area contributed by atoms with Crippen molar-refractivity contribution in [2.24, 2.45) is 11.5 Å². The van der Waals surface area contributed by atoms with Gasteiger partial charge in [0.1, 0.15) is 29.9 Å². The number of hydrogen-bond donors (Lipinski definition) is 7. The van der Waals surface area contributed by atoms with Crippen molar-refractivity contribution in [3.8, 4) is 5.75 Å². The summed E-state index contributed by atoms with van der Waals surface area (Å²) in [6.45, 7) is -0.519. The molecule has 4 amide bonds. The van der Waals surface area contributed by atoms with Crippen LogP contribution in [0.1, 0.15) is 24.8 Å². The average Bonchev–Trinajstić information content (AvgIpc) is 3.28. The third kappa shape index (κ3) is 7.15. The molecule has 0 saturated carbocycles. The normalized spacial score (nSPS) is 17.9. The molecular weight excluding hydrogens is 450 g/mol. The third-order valence-corrected chi connectivity index (χ3v) is 5.38. The van der Waals surface area contributed by atoms with Gasteiger partial charge in [0, 0.05) is 13.0 Å². The highest BCUT2D eigenvalue weighted by Crippen LogP contribution is 2.20. The van der Waals surface area contributed by atoms with Crippen LogP contribution in [0, 0.1) is 0 Å². The lowest BCUT2D eigenvalue weighted by Crippen LogP contribution is -2.58. The molecule has 1 heterocycles. The zero-order valence-corrected chi connectivity index (χ0v) is 18.3. The molecule has 1 aromatic rings. The van der Waals surface area contributed by atoms with Gasteiger partial charge in [-0.2, -0.15) is 0 Å². The van der Waals surface area contributed by atoms with E-state index in [-0.39, 0.29) is 25.1 Å². The van der Waals surface area contributed by atoms with Gasteiger partial charge in [-0.25, -0.2) is 4.79 Å². The summed E-state index contributed by atoms with van der Waals surface area (Å²) in [7, 11) is 0. The molecule has 1 saturated heterocycles. The molecule has 4 unspecified atom stereocenters. The van der Waals surface area contributed by atoms with E-state index in [1.165, 1.54) is 24.3 Å². The second kappa shape index (κ2) is 12.0. The summed E-state index contributed by atoms with van der Waals surface area (Å²) in [5.41, 5.74) is 11.2. The second-order valence-electron chi connectivity index (χ2n) is 7.98. The zero-order chi connectivity index (χ0) is 25.4. The van der Waals surface area contributed by atoms with Crippen molar-refractivity contribution in [2.45, 2.75) is 49.9 Å². The first-order chi connectivity index (χ1) is 16.0. The highest BCUT2D eigenvalue weighted by Gasteiger charge is 2.38. The smallest absolute Gasteiger partial charge is 0.326 e. The topological polar surface area (TPSA) is 225 Å². The largest absolute Gasteiger partial charge is 0.508 e. The molecule has 186 valence electrons. The minimum atomic E-state index is -1.48. The number of benzene rings is 1. The van der Waals surface area contributed by atoms with Crippen LogP contribution in [0.25, 0.3) is 0 Å². The number of aliphatic hydroxyl groups excluding tert-OH is 1. The van der Waals surface area contributed by atoms with E-state index in [0.29, 0.717) is 12.0 Å². The summed E-state index contributed by atoms with van der Waals surface area (Å²) >= 11 is 0. The fourth-order valence-electron chi connectivity index (χ4n) is 3.60. The van der Waals surface area contributed by atoms with Gasteiger partial charge >= 0.3 is 5.97 Å². The number of aromatic hydroxyl groups is 1. The molecule has 1 aromatic carbocycles. The molecule has 13 heteroatoms. The molecule has 1 fully saturated rings. The maximum absolute atomic E-state index is 13.3. The molecule has 0 aromatic heterocycles. The van der Waals surface area contributed by atoms with Gasteiger partial charge in [-0.1, -0.05) is 12.1 Å². The first kappa shape index (κ1) is 26.5. The summed E-state index contributed by atoms with van der Waals surface area (Å²) in [4.78, 5) is 62.4. The number of amides is 4. The minimum absolute atomic E-state index is 0.00870. The Labute approximate surface area is 195 Å². The Bertz CT molecular complexity index is 922. The lowest BCUT2D eigenvalue weighted by atomic mass is 10.0. The number of carboxylic acid groups (broad SMARTS) is 1. The second-order valence-corrected chi connectivity index (χ2v) is 7.98. The maximum Gasteiger partial charge on any atom is 0.326 e. The molecule has 2 rings (SSSR count). The predicted octanol–water partition coefficient (Wildman–Crippen LogP) is -2.83. The Morgan fingerprint density at radius 2 is 1.68 bits per heavy atom. The number of primary amides is 1. The molecule has 9 N–H and O–H groups in total. The van der Waals surface area contributed by atoms with Gasteiger partial charge in [0.05, 0.1) is 13.0 Å². The number of likely N-dealkylation sites (tertiary alicyclic amines) is 1. The van der Waals surface area contributed by atoms with Crippen molar-refractivity contribution in [1.29, 1.82) is 0 Å². The maximum atomic E-state index is 13.3. The first-order valence-electron chi connectivity index (χ1n) is 10.6. The van der Waals surface area contributed by atoms with E-state index >= 15 is 0 Å². The fraction of sp³-hybridized carbons (Fsp3) is 0.476. The number of nitrogens with one attached hydrogen (secondary N) is 2. The summed E-state index contributed by atoms with van der Waals surface area (Å²) < 4.78 is 0. The number of aliphatic carboxylic acids is 1. The van der Waals surface area contributed by atoms with E-state index in [9.17, 15) is 34.2 Å². The van der Waals surface area contributed by atoms with Gasteiger partial charge in [0.15, 0.2) is 0 Å². The van der Waals surface area contributed by atoms with E-state index in [4.69, 9.17) is 16.6 Å². The Morgan fingerprint density at radius 1 is 1.06 bits per heavy atom. The van der Waals surface area contributed by atoms with Crippen LogP contribution in [0.2, 0.25) is 0 Å².